The van der Waals surface area contributed by atoms with Gasteiger partial charge in [0.15, 0.2) is 11.6 Å². The average molecular weight is 275 g/mol. The number of nitrogens with zero attached hydrogens (tertiary/aromatic N) is 1. The summed E-state index contributed by atoms with van der Waals surface area (Å²) in [5, 5.41) is 8.70. The molecule has 3 heteroatoms. The molecule has 1 aromatic rings. The van der Waals surface area contributed by atoms with E-state index in [2.05, 4.69) is 6.92 Å². The number of halogens is 1. The van der Waals surface area contributed by atoms with E-state index in [4.69, 9.17) is 10.00 Å². The number of benzene rings is 1. The van der Waals surface area contributed by atoms with Gasteiger partial charge < -0.3 is 4.74 Å². The van der Waals surface area contributed by atoms with E-state index >= 15 is 0 Å². The molecule has 0 saturated heterocycles. The zero-order valence-corrected chi connectivity index (χ0v) is 12.1. The molecular weight excluding hydrogens is 253 g/mol. The van der Waals surface area contributed by atoms with Crippen molar-refractivity contribution in [1.29, 1.82) is 5.26 Å². The van der Waals surface area contributed by atoms with Gasteiger partial charge >= 0.3 is 0 Å². The van der Waals surface area contributed by atoms with E-state index in [0.717, 1.165) is 5.92 Å². The van der Waals surface area contributed by atoms with E-state index in [-0.39, 0.29) is 5.75 Å². The van der Waals surface area contributed by atoms with Crippen LogP contribution < -0.4 is 4.74 Å². The maximum atomic E-state index is 13.7. The van der Waals surface area contributed by atoms with Gasteiger partial charge in [0.2, 0.25) is 0 Å². The van der Waals surface area contributed by atoms with Crippen molar-refractivity contribution in [2.45, 2.75) is 45.4 Å². The molecule has 1 aliphatic rings. The van der Waals surface area contributed by atoms with Gasteiger partial charge in [-0.1, -0.05) is 32.6 Å². The summed E-state index contributed by atoms with van der Waals surface area (Å²) in [6, 6.07) is 6.30. The molecule has 20 heavy (non-hydrogen) atoms. The number of rotatable bonds is 5. The second kappa shape index (κ2) is 7.28. The van der Waals surface area contributed by atoms with Crippen LogP contribution >= 0.6 is 0 Å². The monoisotopic (exact) mass is 275 g/mol. The minimum Gasteiger partial charge on any atom is -0.490 e. The van der Waals surface area contributed by atoms with E-state index in [0.29, 0.717) is 18.1 Å². The lowest BCUT2D eigenvalue weighted by molar-refractivity contribution is 0.174. The number of hydrogen-bond donors (Lipinski definition) is 0. The van der Waals surface area contributed by atoms with Crippen molar-refractivity contribution in [3.8, 4) is 11.8 Å². The van der Waals surface area contributed by atoms with E-state index in [9.17, 15) is 4.39 Å². The SMILES string of the molecule is CCCC1CCC(COc2ccc(C#N)cc2F)CC1. The largest absolute Gasteiger partial charge is 0.490 e. The molecule has 1 aromatic carbocycles. The lowest BCUT2D eigenvalue weighted by Gasteiger charge is -2.28. The first-order chi connectivity index (χ1) is 9.72. The predicted molar refractivity (Wildman–Crippen MR) is 77.0 cm³/mol. The Kier molecular flexibility index (Phi) is 5.40. The van der Waals surface area contributed by atoms with Gasteiger partial charge in [-0.3, -0.25) is 0 Å². The molecule has 1 aliphatic carbocycles. The van der Waals surface area contributed by atoms with Crippen molar-refractivity contribution < 1.29 is 9.13 Å². The Balaban J connectivity index is 1.80. The molecule has 0 heterocycles. The van der Waals surface area contributed by atoms with Crippen molar-refractivity contribution >= 4 is 0 Å². The summed E-state index contributed by atoms with van der Waals surface area (Å²) in [7, 11) is 0. The van der Waals surface area contributed by atoms with Gasteiger partial charge in [-0.05, 0) is 42.9 Å². The highest BCUT2D eigenvalue weighted by Gasteiger charge is 2.21. The van der Waals surface area contributed by atoms with Crippen LogP contribution in [0.3, 0.4) is 0 Å². The highest BCUT2D eigenvalue weighted by atomic mass is 19.1. The molecule has 0 bridgehead atoms. The first kappa shape index (κ1) is 14.8. The Morgan fingerprint density at radius 3 is 2.55 bits per heavy atom. The number of ether oxygens (including phenoxy) is 1. The van der Waals surface area contributed by atoms with Crippen molar-refractivity contribution in [3.05, 3.63) is 29.6 Å². The van der Waals surface area contributed by atoms with Gasteiger partial charge in [0.1, 0.15) is 0 Å². The van der Waals surface area contributed by atoms with Crippen LogP contribution in [-0.2, 0) is 0 Å². The maximum absolute atomic E-state index is 13.7. The predicted octanol–water partition coefficient (Wildman–Crippen LogP) is 4.68. The van der Waals surface area contributed by atoms with Crippen LogP contribution in [0.5, 0.6) is 5.75 Å². The normalized spacial score (nSPS) is 22.2. The van der Waals surface area contributed by atoms with Crippen molar-refractivity contribution in [2.24, 2.45) is 11.8 Å². The summed E-state index contributed by atoms with van der Waals surface area (Å²) in [6.45, 7) is 2.82. The molecule has 2 nitrogen and oxygen atoms in total. The zero-order chi connectivity index (χ0) is 14.4. The Morgan fingerprint density at radius 2 is 1.95 bits per heavy atom. The van der Waals surface area contributed by atoms with Crippen LogP contribution in [0, 0.1) is 29.0 Å². The zero-order valence-electron chi connectivity index (χ0n) is 12.1. The number of nitriles is 1. The Labute approximate surface area is 120 Å². The number of hydrogen-bond acceptors (Lipinski definition) is 2. The second-order valence-electron chi connectivity index (χ2n) is 5.74. The fraction of sp³-hybridized carbons (Fsp3) is 0.588. The van der Waals surface area contributed by atoms with Gasteiger partial charge in [0.25, 0.3) is 0 Å². The highest BCUT2D eigenvalue weighted by Crippen LogP contribution is 2.32. The molecule has 0 N–H and O–H groups in total. The minimum absolute atomic E-state index is 0.264. The van der Waals surface area contributed by atoms with E-state index in [1.165, 1.54) is 44.6 Å². The lowest BCUT2D eigenvalue weighted by Crippen LogP contribution is -2.20. The molecule has 2 rings (SSSR count). The molecule has 1 fully saturated rings. The summed E-state index contributed by atoms with van der Waals surface area (Å²) in [4.78, 5) is 0. The molecule has 0 radical (unpaired) electrons. The fourth-order valence-electron chi connectivity index (χ4n) is 2.99. The molecule has 0 aromatic heterocycles. The van der Waals surface area contributed by atoms with Gasteiger partial charge in [-0.25, -0.2) is 4.39 Å². The smallest absolute Gasteiger partial charge is 0.166 e. The highest BCUT2D eigenvalue weighted by molar-refractivity contribution is 5.35. The topological polar surface area (TPSA) is 33.0 Å². The van der Waals surface area contributed by atoms with Crippen LogP contribution in [-0.4, -0.2) is 6.61 Å². The Bertz CT molecular complexity index is 472. The molecular formula is C17H22FNO. The second-order valence-corrected chi connectivity index (χ2v) is 5.74. The summed E-state index contributed by atoms with van der Waals surface area (Å²) < 4.78 is 19.3. The third kappa shape index (κ3) is 3.96. The van der Waals surface area contributed by atoms with Crippen molar-refractivity contribution in [1.82, 2.24) is 0 Å². The van der Waals surface area contributed by atoms with Gasteiger partial charge in [0.05, 0.1) is 18.2 Å². The quantitative estimate of drug-likeness (QED) is 0.781. The Morgan fingerprint density at radius 1 is 1.25 bits per heavy atom. The maximum Gasteiger partial charge on any atom is 0.166 e. The Hall–Kier alpha value is -1.56. The lowest BCUT2D eigenvalue weighted by atomic mass is 9.80. The van der Waals surface area contributed by atoms with Crippen molar-refractivity contribution in [2.75, 3.05) is 6.61 Å². The first-order valence-corrected chi connectivity index (χ1v) is 7.55. The van der Waals surface area contributed by atoms with Crippen LogP contribution in [0.4, 0.5) is 4.39 Å². The third-order valence-corrected chi connectivity index (χ3v) is 4.20. The summed E-state index contributed by atoms with van der Waals surface area (Å²) in [5.74, 6) is 1.24. The van der Waals surface area contributed by atoms with Crippen LogP contribution in [0.1, 0.15) is 51.0 Å². The summed E-state index contributed by atoms with van der Waals surface area (Å²) in [6.07, 6.45) is 7.51. The molecule has 108 valence electrons. The van der Waals surface area contributed by atoms with Crippen LogP contribution in [0.2, 0.25) is 0 Å². The standard InChI is InChI=1S/C17H22FNO/c1-2-3-13-4-6-14(7-5-13)12-20-17-9-8-15(11-19)10-16(17)18/h8-10,13-14H,2-7,12H2,1H3. The van der Waals surface area contributed by atoms with Gasteiger partial charge in [-0.2, -0.15) is 5.26 Å². The summed E-state index contributed by atoms with van der Waals surface area (Å²) >= 11 is 0. The summed E-state index contributed by atoms with van der Waals surface area (Å²) in [5.41, 5.74) is 0.329. The molecule has 0 aliphatic heterocycles. The molecule has 1 saturated carbocycles. The van der Waals surface area contributed by atoms with Crippen molar-refractivity contribution in [3.63, 3.8) is 0 Å². The van der Waals surface area contributed by atoms with E-state index < -0.39 is 5.82 Å². The first-order valence-electron chi connectivity index (χ1n) is 7.55. The van der Waals surface area contributed by atoms with Crippen LogP contribution in [0.15, 0.2) is 18.2 Å². The van der Waals surface area contributed by atoms with Crippen LogP contribution in [0.25, 0.3) is 0 Å². The third-order valence-electron chi connectivity index (χ3n) is 4.20. The van der Waals surface area contributed by atoms with Gasteiger partial charge in [-0.15, -0.1) is 0 Å². The molecule has 0 spiro atoms. The molecule has 0 atom stereocenters. The minimum atomic E-state index is -0.441. The molecule has 0 amide bonds. The average Bonchev–Trinajstić information content (AvgIpc) is 2.48. The molecule has 0 unspecified atom stereocenters. The van der Waals surface area contributed by atoms with E-state index in [1.54, 1.807) is 12.1 Å². The van der Waals surface area contributed by atoms with E-state index in [1.807, 2.05) is 6.07 Å². The van der Waals surface area contributed by atoms with Gasteiger partial charge in [0, 0.05) is 0 Å². The fourth-order valence-corrected chi connectivity index (χ4v) is 2.99.